The molecule has 1 saturated carbocycles. The first kappa shape index (κ1) is 20.7. The Kier molecular flexibility index (Phi) is 5.95. The normalized spacial score (nSPS) is 22.5. The Labute approximate surface area is 178 Å². The van der Waals surface area contributed by atoms with E-state index in [2.05, 4.69) is 6.07 Å². The third-order valence-electron chi connectivity index (χ3n) is 6.27. The van der Waals surface area contributed by atoms with Crippen molar-refractivity contribution in [2.24, 2.45) is 0 Å². The van der Waals surface area contributed by atoms with E-state index in [1.165, 1.54) is 18.4 Å². The van der Waals surface area contributed by atoms with Gasteiger partial charge in [-0.25, -0.2) is 0 Å². The molecule has 2 aromatic rings. The van der Waals surface area contributed by atoms with E-state index in [4.69, 9.17) is 28.4 Å². The van der Waals surface area contributed by atoms with Gasteiger partial charge in [0.15, 0.2) is 23.0 Å². The molecule has 1 fully saturated rings. The minimum Gasteiger partial charge on any atom is -0.493 e. The van der Waals surface area contributed by atoms with E-state index >= 15 is 0 Å². The van der Waals surface area contributed by atoms with Crippen LogP contribution in [0.15, 0.2) is 24.3 Å². The third kappa shape index (κ3) is 3.43. The summed E-state index contributed by atoms with van der Waals surface area (Å²) in [5, 5.41) is 0. The van der Waals surface area contributed by atoms with Gasteiger partial charge in [-0.1, -0.05) is 12.8 Å². The van der Waals surface area contributed by atoms with Crippen LogP contribution in [0.4, 0.5) is 0 Å². The van der Waals surface area contributed by atoms with E-state index in [1.807, 2.05) is 18.2 Å². The molecule has 0 saturated heterocycles. The third-order valence-corrected chi connectivity index (χ3v) is 6.27. The summed E-state index contributed by atoms with van der Waals surface area (Å²) in [6, 6.07) is 8.11. The fraction of sp³-hybridized carbons (Fsp3) is 0.500. The van der Waals surface area contributed by atoms with Crippen molar-refractivity contribution in [3.63, 3.8) is 0 Å². The highest BCUT2D eigenvalue weighted by Gasteiger charge is 2.39. The Balaban J connectivity index is 1.89. The van der Waals surface area contributed by atoms with Gasteiger partial charge in [-0.2, -0.15) is 0 Å². The quantitative estimate of drug-likeness (QED) is 0.672. The first-order valence-corrected chi connectivity index (χ1v) is 10.4. The Morgan fingerprint density at radius 1 is 0.667 bits per heavy atom. The molecule has 0 unspecified atom stereocenters. The lowest BCUT2D eigenvalue weighted by Gasteiger charge is -2.41. The van der Waals surface area contributed by atoms with Gasteiger partial charge in [0, 0.05) is 5.92 Å². The van der Waals surface area contributed by atoms with Crippen molar-refractivity contribution in [3.8, 4) is 28.7 Å². The molecular weight excluding hydrogens is 384 g/mol. The Bertz CT molecular complexity index is 884. The zero-order chi connectivity index (χ0) is 21.3. The maximum Gasteiger partial charge on any atom is 0.203 e. The zero-order valence-electron chi connectivity index (χ0n) is 18.3. The first-order chi connectivity index (χ1) is 14.6. The number of fused-ring (bicyclic) bond motifs is 3. The van der Waals surface area contributed by atoms with Crippen LogP contribution in [-0.4, -0.2) is 41.7 Å². The number of rotatable bonds is 6. The lowest BCUT2D eigenvalue weighted by Crippen LogP contribution is -2.33. The van der Waals surface area contributed by atoms with Crippen molar-refractivity contribution >= 4 is 0 Å². The molecule has 1 heterocycles. The molecule has 30 heavy (non-hydrogen) atoms. The van der Waals surface area contributed by atoms with Crippen LogP contribution in [0.3, 0.4) is 0 Å². The summed E-state index contributed by atoms with van der Waals surface area (Å²) >= 11 is 0. The molecule has 1 aliphatic heterocycles. The molecule has 0 spiro atoms. The van der Waals surface area contributed by atoms with E-state index in [0.717, 1.165) is 29.7 Å². The van der Waals surface area contributed by atoms with E-state index in [0.29, 0.717) is 28.9 Å². The van der Waals surface area contributed by atoms with E-state index in [-0.39, 0.29) is 12.2 Å². The minimum atomic E-state index is -0.257. The van der Waals surface area contributed by atoms with Crippen LogP contribution < -0.4 is 23.7 Å². The highest BCUT2D eigenvalue weighted by Crippen LogP contribution is 2.51. The summed E-state index contributed by atoms with van der Waals surface area (Å²) in [5.41, 5.74) is 3.34. The molecule has 0 N–H and O–H groups in total. The predicted octanol–water partition coefficient (Wildman–Crippen LogP) is 4.88. The molecule has 0 bridgehead atoms. The van der Waals surface area contributed by atoms with Gasteiger partial charge in [0.05, 0.1) is 41.7 Å². The topological polar surface area (TPSA) is 55.4 Å². The maximum absolute atomic E-state index is 6.70. The van der Waals surface area contributed by atoms with Crippen molar-refractivity contribution in [1.82, 2.24) is 0 Å². The number of hydrogen-bond acceptors (Lipinski definition) is 6. The number of methoxy groups -OCH3 is 5. The molecule has 0 aromatic heterocycles. The average Bonchev–Trinajstić information content (AvgIpc) is 2.81. The fourth-order valence-electron chi connectivity index (χ4n) is 4.83. The summed E-state index contributed by atoms with van der Waals surface area (Å²) in [6.07, 6.45) is 4.49. The van der Waals surface area contributed by atoms with Crippen molar-refractivity contribution in [2.45, 2.75) is 43.8 Å². The van der Waals surface area contributed by atoms with Crippen molar-refractivity contribution in [2.75, 3.05) is 35.5 Å². The Morgan fingerprint density at radius 2 is 1.23 bits per heavy atom. The van der Waals surface area contributed by atoms with Crippen molar-refractivity contribution < 1.29 is 28.4 Å². The highest BCUT2D eigenvalue weighted by atomic mass is 16.5. The van der Waals surface area contributed by atoms with Gasteiger partial charge >= 0.3 is 0 Å². The van der Waals surface area contributed by atoms with Crippen LogP contribution in [0.2, 0.25) is 0 Å². The monoisotopic (exact) mass is 414 g/mol. The second-order valence-electron chi connectivity index (χ2n) is 7.74. The zero-order valence-corrected chi connectivity index (χ0v) is 18.3. The molecule has 2 aliphatic rings. The smallest absolute Gasteiger partial charge is 0.203 e. The van der Waals surface area contributed by atoms with Gasteiger partial charge in [0.25, 0.3) is 0 Å². The van der Waals surface area contributed by atoms with Crippen LogP contribution in [-0.2, 0) is 4.74 Å². The minimum absolute atomic E-state index is 0.174. The molecule has 4 rings (SSSR count). The summed E-state index contributed by atoms with van der Waals surface area (Å²) in [7, 11) is 8.20. The molecule has 3 atom stereocenters. The van der Waals surface area contributed by atoms with Gasteiger partial charge in [0.2, 0.25) is 5.75 Å². The van der Waals surface area contributed by atoms with Crippen LogP contribution in [0.5, 0.6) is 28.7 Å². The van der Waals surface area contributed by atoms with Gasteiger partial charge in [-0.15, -0.1) is 0 Å². The standard InChI is InChI=1S/C24H30O6/c1-25-19-12-16-15-8-6-7-9-18(15)30-23(17(16)13-20(19)26-2)14-10-21(27-3)24(29-5)22(11-14)28-4/h10-13,15,18,23H,6-9H2,1-5H3/t15-,18-,23-/m0/s1. The number of ether oxygens (including phenoxy) is 6. The Morgan fingerprint density at radius 3 is 1.80 bits per heavy atom. The van der Waals surface area contributed by atoms with Crippen molar-refractivity contribution in [3.05, 3.63) is 41.0 Å². The summed E-state index contributed by atoms with van der Waals surface area (Å²) in [5.74, 6) is 3.62. The highest BCUT2D eigenvalue weighted by molar-refractivity contribution is 5.58. The Hall–Kier alpha value is -2.60. The second-order valence-corrected chi connectivity index (χ2v) is 7.74. The van der Waals surface area contributed by atoms with Crippen LogP contribution in [0, 0.1) is 0 Å². The number of hydrogen-bond donors (Lipinski definition) is 0. The fourth-order valence-corrected chi connectivity index (χ4v) is 4.83. The first-order valence-electron chi connectivity index (χ1n) is 10.4. The van der Waals surface area contributed by atoms with Crippen LogP contribution in [0.1, 0.15) is 54.4 Å². The lowest BCUT2D eigenvalue weighted by atomic mass is 9.76. The SMILES string of the molecule is COc1cc2c(cc1OC)[C@@H]1CCCC[C@@H]1O[C@H]2c1cc(OC)c(OC)c(OC)c1. The largest absolute Gasteiger partial charge is 0.493 e. The average molecular weight is 414 g/mol. The van der Waals surface area contributed by atoms with Gasteiger partial charge in [-0.05, 0) is 53.8 Å². The molecule has 2 aromatic carbocycles. The number of benzene rings is 2. The van der Waals surface area contributed by atoms with Crippen molar-refractivity contribution in [1.29, 1.82) is 0 Å². The summed E-state index contributed by atoms with van der Waals surface area (Å²) in [4.78, 5) is 0. The molecular formula is C24H30O6. The van der Waals surface area contributed by atoms with E-state index < -0.39 is 0 Å². The second kappa shape index (κ2) is 8.64. The van der Waals surface area contributed by atoms with E-state index in [9.17, 15) is 0 Å². The molecule has 1 aliphatic carbocycles. The van der Waals surface area contributed by atoms with Gasteiger partial charge < -0.3 is 28.4 Å². The lowest BCUT2D eigenvalue weighted by molar-refractivity contribution is -0.0392. The predicted molar refractivity (Wildman–Crippen MR) is 114 cm³/mol. The summed E-state index contributed by atoms with van der Waals surface area (Å²) < 4.78 is 34.6. The molecule has 6 nitrogen and oxygen atoms in total. The van der Waals surface area contributed by atoms with Gasteiger partial charge in [0.1, 0.15) is 6.10 Å². The van der Waals surface area contributed by atoms with Crippen LogP contribution in [0.25, 0.3) is 0 Å². The molecule has 0 amide bonds. The molecule has 0 radical (unpaired) electrons. The summed E-state index contributed by atoms with van der Waals surface area (Å²) in [6.45, 7) is 0. The molecule has 6 heteroatoms. The molecule has 162 valence electrons. The van der Waals surface area contributed by atoms with Gasteiger partial charge in [-0.3, -0.25) is 0 Å². The van der Waals surface area contributed by atoms with Crippen LogP contribution >= 0.6 is 0 Å². The van der Waals surface area contributed by atoms with E-state index in [1.54, 1.807) is 35.5 Å². The maximum atomic E-state index is 6.70.